The lowest BCUT2D eigenvalue weighted by atomic mass is 10.2. The lowest BCUT2D eigenvalue weighted by Crippen LogP contribution is -2.25. The number of hydrogen-bond acceptors (Lipinski definition) is 5. The minimum atomic E-state index is 0.159. The molecule has 0 fully saturated rings. The zero-order valence-corrected chi connectivity index (χ0v) is 17.4. The van der Waals surface area contributed by atoms with Crippen LogP contribution in [0, 0.1) is 11.3 Å². The molecule has 0 aliphatic rings. The van der Waals surface area contributed by atoms with Crippen LogP contribution in [0.1, 0.15) is 18.2 Å². The van der Waals surface area contributed by atoms with E-state index < -0.39 is 0 Å². The van der Waals surface area contributed by atoms with Gasteiger partial charge in [0.25, 0.3) is 0 Å². The Morgan fingerprint density at radius 2 is 2.00 bits per heavy atom. The van der Waals surface area contributed by atoms with E-state index in [1.807, 2.05) is 43.1 Å². The number of aromatic nitrogens is 4. The number of hydrogen-bond donors (Lipinski definition) is 1. The van der Waals surface area contributed by atoms with E-state index in [1.165, 1.54) is 0 Å². The molecule has 3 heterocycles. The largest absolute Gasteiger partial charge is 0.438 e. The Labute approximate surface area is 175 Å². The molecule has 0 saturated heterocycles. The summed E-state index contributed by atoms with van der Waals surface area (Å²) in [5.74, 6) is 1.45. The first-order valence-electron chi connectivity index (χ1n) is 8.96. The van der Waals surface area contributed by atoms with Crippen molar-refractivity contribution in [3.63, 3.8) is 0 Å². The Balaban J connectivity index is 1.81. The number of pyridine rings is 1. The second-order valence-electron chi connectivity index (χ2n) is 6.35. The highest BCUT2D eigenvalue weighted by Gasteiger charge is 2.19. The Bertz CT molecular complexity index is 1250. The van der Waals surface area contributed by atoms with Crippen LogP contribution in [0.3, 0.4) is 0 Å². The molecule has 0 amide bonds. The van der Waals surface area contributed by atoms with Crippen LogP contribution in [-0.2, 0) is 13.5 Å². The number of ether oxygens (including phenoxy) is 2. The van der Waals surface area contributed by atoms with Gasteiger partial charge in [0, 0.05) is 11.8 Å². The summed E-state index contributed by atoms with van der Waals surface area (Å²) in [6.45, 7) is 2.04. The molecule has 0 atom stereocenters. The highest BCUT2D eigenvalue weighted by atomic mass is 79.9. The molecule has 0 unspecified atom stereocenters. The molecule has 8 heteroatoms. The van der Waals surface area contributed by atoms with Gasteiger partial charge in [-0.3, -0.25) is 0 Å². The maximum Gasteiger partial charge on any atom is 0.327 e. The minimum Gasteiger partial charge on any atom is -0.438 e. The van der Waals surface area contributed by atoms with Crippen molar-refractivity contribution in [1.29, 1.82) is 5.26 Å². The third-order valence-electron chi connectivity index (χ3n) is 4.26. The molecule has 0 saturated carbocycles. The fourth-order valence-corrected chi connectivity index (χ4v) is 3.62. The number of aryl methyl sites for hydroxylation is 2. The van der Waals surface area contributed by atoms with Gasteiger partial charge in [0.15, 0.2) is 11.9 Å². The van der Waals surface area contributed by atoms with Gasteiger partial charge < -0.3 is 14.5 Å². The Morgan fingerprint density at radius 3 is 2.76 bits per heavy atom. The van der Waals surface area contributed by atoms with Crippen molar-refractivity contribution < 1.29 is 14.0 Å². The average molecular weight is 451 g/mol. The summed E-state index contributed by atoms with van der Waals surface area (Å²) in [6, 6.07) is 12.9. The summed E-state index contributed by atoms with van der Waals surface area (Å²) in [6.07, 6.45) is 4.51. The van der Waals surface area contributed by atoms with Gasteiger partial charge in [0.1, 0.15) is 18.4 Å². The molecule has 4 aromatic rings. The van der Waals surface area contributed by atoms with Gasteiger partial charge in [-0.2, -0.15) is 15.2 Å². The molecule has 4 rings (SSSR count). The van der Waals surface area contributed by atoms with Crippen LogP contribution >= 0.6 is 15.9 Å². The number of nitrogens with one attached hydrogen (secondary N) is 1. The first kappa shape index (κ1) is 18.9. The van der Waals surface area contributed by atoms with Crippen molar-refractivity contribution in [2.24, 2.45) is 7.05 Å². The van der Waals surface area contributed by atoms with Gasteiger partial charge in [-0.25, -0.2) is 4.57 Å². The zero-order chi connectivity index (χ0) is 20.4. The highest BCUT2D eigenvalue weighted by molar-refractivity contribution is 9.10. The lowest BCUT2D eigenvalue weighted by Gasteiger charge is -2.09. The number of nitriles is 1. The molecule has 0 spiro atoms. The fourth-order valence-electron chi connectivity index (χ4n) is 2.89. The first-order chi connectivity index (χ1) is 14.1. The molecule has 0 radical (unpaired) electrons. The maximum absolute atomic E-state index is 9.14. The molecule has 0 aliphatic heterocycles. The Hall–Kier alpha value is -3.44. The zero-order valence-electron chi connectivity index (χ0n) is 15.8. The van der Waals surface area contributed by atoms with Gasteiger partial charge in [-0.05, 0) is 46.6 Å². The molecule has 1 aromatic carbocycles. The van der Waals surface area contributed by atoms with E-state index in [4.69, 9.17) is 14.7 Å². The number of halogens is 1. The standard InChI is InChI=1S/C21H17BrN5O2/c1-3-16-18(22)17-19(24-16)25-21(29-15-8-5-9-27(2)12-15)26-20(17)28-14-7-4-6-13(10-14)11-23/h4-10,12H,3H2,1-2H3,(H,24,25,26)/q+1. The number of rotatable bonds is 5. The monoisotopic (exact) mass is 450 g/mol. The van der Waals surface area contributed by atoms with Crippen LogP contribution in [0.5, 0.6) is 23.4 Å². The lowest BCUT2D eigenvalue weighted by molar-refractivity contribution is -0.671. The van der Waals surface area contributed by atoms with Crippen molar-refractivity contribution in [3.05, 3.63) is 64.5 Å². The third kappa shape index (κ3) is 3.91. The van der Waals surface area contributed by atoms with Crippen molar-refractivity contribution >= 4 is 27.0 Å². The quantitative estimate of drug-likeness (QED) is 0.450. The van der Waals surface area contributed by atoms with Crippen molar-refractivity contribution in [3.8, 4) is 29.5 Å². The van der Waals surface area contributed by atoms with Crippen LogP contribution in [0.2, 0.25) is 0 Å². The minimum absolute atomic E-state index is 0.159. The van der Waals surface area contributed by atoms with E-state index in [0.717, 1.165) is 22.0 Å². The molecule has 29 heavy (non-hydrogen) atoms. The third-order valence-corrected chi connectivity index (χ3v) is 5.14. The van der Waals surface area contributed by atoms with Crippen LogP contribution in [-0.4, -0.2) is 15.0 Å². The molecule has 1 N–H and O–H groups in total. The smallest absolute Gasteiger partial charge is 0.327 e. The van der Waals surface area contributed by atoms with Gasteiger partial charge in [-0.15, -0.1) is 0 Å². The first-order valence-corrected chi connectivity index (χ1v) is 9.76. The van der Waals surface area contributed by atoms with E-state index in [1.54, 1.807) is 24.3 Å². The molecule has 144 valence electrons. The van der Waals surface area contributed by atoms with Gasteiger partial charge in [-0.1, -0.05) is 13.0 Å². The normalized spacial score (nSPS) is 10.7. The summed E-state index contributed by atoms with van der Waals surface area (Å²) < 4.78 is 14.6. The maximum atomic E-state index is 9.14. The number of H-pyrrole nitrogens is 1. The molecule has 7 nitrogen and oxygen atoms in total. The van der Waals surface area contributed by atoms with E-state index >= 15 is 0 Å². The van der Waals surface area contributed by atoms with Gasteiger partial charge in [0.05, 0.1) is 21.5 Å². The summed E-state index contributed by atoms with van der Waals surface area (Å²) in [5.41, 5.74) is 2.09. The molecular weight excluding hydrogens is 434 g/mol. The predicted octanol–water partition coefficient (Wildman–Crippen LogP) is 4.56. The van der Waals surface area contributed by atoms with Crippen molar-refractivity contribution in [2.45, 2.75) is 13.3 Å². The van der Waals surface area contributed by atoms with E-state index in [-0.39, 0.29) is 6.01 Å². The Kier molecular flexibility index (Phi) is 5.14. The van der Waals surface area contributed by atoms with Crippen LogP contribution in [0.25, 0.3) is 11.0 Å². The van der Waals surface area contributed by atoms with E-state index in [9.17, 15) is 0 Å². The Morgan fingerprint density at radius 1 is 1.17 bits per heavy atom. The summed E-state index contributed by atoms with van der Waals surface area (Å²) in [5, 5.41) is 9.86. The van der Waals surface area contributed by atoms with Gasteiger partial charge in [0.2, 0.25) is 12.1 Å². The van der Waals surface area contributed by atoms with Crippen molar-refractivity contribution in [2.75, 3.05) is 0 Å². The molecule has 0 aliphatic carbocycles. The average Bonchev–Trinajstić information content (AvgIpc) is 3.04. The fraction of sp³-hybridized carbons (Fsp3) is 0.143. The topological polar surface area (TPSA) is 87.7 Å². The number of benzene rings is 1. The van der Waals surface area contributed by atoms with E-state index in [0.29, 0.717) is 28.6 Å². The van der Waals surface area contributed by atoms with Crippen LogP contribution in [0.15, 0.2) is 53.3 Å². The van der Waals surface area contributed by atoms with Crippen molar-refractivity contribution in [1.82, 2.24) is 15.0 Å². The molecule has 3 aromatic heterocycles. The second kappa shape index (κ2) is 7.89. The van der Waals surface area contributed by atoms with Crippen LogP contribution < -0.4 is 14.0 Å². The number of fused-ring (bicyclic) bond motifs is 1. The molecule has 0 bridgehead atoms. The second-order valence-corrected chi connectivity index (χ2v) is 7.15. The van der Waals surface area contributed by atoms with Crippen LogP contribution in [0.4, 0.5) is 0 Å². The predicted molar refractivity (Wildman–Crippen MR) is 110 cm³/mol. The summed E-state index contributed by atoms with van der Waals surface area (Å²) in [4.78, 5) is 12.3. The molecular formula is C21H17BrN5O2+. The number of aromatic amines is 1. The highest BCUT2D eigenvalue weighted by Crippen LogP contribution is 2.37. The summed E-state index contributed by atoms with van der Waals surface area (Å²) >= 11 is 3.62. The summed E-state index contributed by atoms with van der Waals surface area (Å²) in [7, 11) is 1.91. The SMILES string of the molecule is CCc1[nH]c2nc(Oc3ccc[n+](C)c3)nc(Oc3cccc(C#N)c3)c2c1Br. The van der Waals surface area contributed by atoms with E-state index in [2.05, 4.69) is 37.0 Å². The number of nitrogens with zero attached hydrogens (tertiary/aromatic N) is 4. The van der Waals surface area contributed by atoms with Gasteiger partial charge >= 0.3 is 6.01 Å².